The summed E-state index contributed by atoms with van der Waals surface area (Å²) in [7, 11) is 1.32. The summed E-state index contributed by atoms with van der Waals surface area (Å²) in [6, 6.07) is 8.94. The zero-order valence-electron chi connectivity index (χ0n) is 15.2. The number of carbonyl (C=O) groups excluding carboxylic acids is 2. The number of rotatable bonds is 2. The molecule has 0 unspecified atom stereocenters. The van der Waals surface area contributed by atoms with E-state index in [-0.39, 0.29) is 17.9 Å². The lowest BCUT2D eigenvalue weighted by atomic mass is 9.89. The number of ether oxygens (including phenoxy) is 2. The smallest absolute Gasteiger partial charge is 0.337 e. The van der Waals surface area contributed by atoms with Gasteiger partial charge in [0.1, 0.15) is 11.6 Å². The van der Waals surface area contributed by atoms with E-state index in [0.717, 1.165) is 5.56 Å². The third kappa shape index (κ3) is 2.70. The molecule has 0 aliphatic carbocycles. The van der Waals surface area contributed by atoms with E-state index in [4.69, 9.17) is 9.47 Å². The van der Waals surface area contributed by atoms with Crippen molar-refractivity contribution in [3.63, 3.8) is 0 Å². The number of aryl methyl sites for hydroxylation is 1. The Balaban J connectivity index is 1.76. The van der Waals surface area contributed by atoms with Crippen molar-refractivity contribution in [3.05, 3.63) is 58.9 Å². The van der Waals surface area contributed by atoms with Crippen LogP contribution >= 0.6 is 0 Å². The number of halogens is 1. The summed E-state index contributed by atoms with van der Waals surface area (Å²) < 4.78 is 25.0. The number of hydrogen-bond acceptors (Lipinski definition) is 4. The van der Waals surface area contributed by atoms with Gasteiger partial charge in [0.15, 0.2) is 5.72 Å². The van der Waals surface area contributed by atoms with Crippen molar-refractivity contribution >= 4 is 17.7 Å². The second-order valence-electron chi connectivity index (χ2n) is 7.00. The number of hydrogen-bond donors (Lipinski definition) is 1. The zero-order valence-corrected chi connectivity index (χ0v) is 15.2. The SMILES string of the molecule is COC(=O)c1ccc2c(c1)[C@@H]1C[C@](C)(O2)N(c2ccc(C)c(F)c2)C(=O)N1. The van der Waals surface area contributed by atoms with Gasteiger partial charge in [0.05, 0.1) is 24.4 Å². The van der Waals surface area contributed by atoms with Crippen molar-refractivity contribution in [3.8, 4) is 5.75 Å². The van der Waals surface area contributed by atoms with Gasteiger partial charge in [0.2, 0.25) is 0 Å². The van der Waals surface area contributed by atoms with Crippen LogP contribution in [0.25, 0.3) is 0 Å². The summed E-state index contributed by atoms with van der Waals surface area (Å²) in [5, 5.41) is 2.93. The van der Waals surface area contributed by atoms with E-state index >= 15 is 0 Å². The highest BCUT2D eigenvalue weighted by Crippen LogP contribution is 2.45. The summed E-state index contributed by atoms with van der Waals surface area (Å²) in [4.78, 5) is 26.1. The Morgan fingerprint density at radius 3 is 2.81 bits per heavy atom. The zero-order chi connectivity index (χ0) is 19.3. The highest BCUT2D eigenvalue weighted by molar-refractivity contribution is 5.95. The predicted molar refractivity (Wildman–Crippen MR) is 96.3 cm³/mol. The van der Waals surface area contributed by atoms with Crippen LogP contribution < -0.4 is 15.0 Å². The van der Waals surface area contributed by atoms with Crippen LogP contribution in [0.5, 0.6) is 5.75 Å². The van der Waals surface area contributed by atoms with Gasteiger partial charge in [-0.1, -0.05) is 6.07 Å². The Bertz CT molecular complexity index is 961. The van der Waals surface area contributed by atoms with E-state index in [1.54, 1.807) is 44.2 Å². The molecule has 2 amide bonds. The maximum absolute atomic E-state index is 14.1. The van der Waals surface area contributed by atoms with Crippen LogP contribution in [-0.4, -0.2) is 24.8 Å². The molecule has 0 radical (unpaired) electrons. The fourth-order valence-electron chi connectivity index (χ4n) is 3.73. The quantitative estimate of drug-likeness (QED) is 0.819. The number of amides is 2. The molecule has 1 N–H and O–H groups in total. The lowest BCUT2D eigenvalue weighted by molar-refractivity contribution is 0.0377. The third-order valence-electron chi connectivity index (χ3n) is 5.11. The Kier molecular flexibility index (Phi) is 3.83. The van der Waals surface area contributed by atoms with Crippen LogP contribution in [0, 0.1) is 12.7 Å². The van der Waals surface area contributed by atoms with Crippen molar-refractivity contribution in [2.45, 2.75) is 32.0 Å². The van der Waals surface area contributed by atoms with E-state index < -0.39 is 11.7 Å². The standard InChI is InChI=1S/C20H19FN2O4/c1-11-4-6-13(9-15(11)21)23-19(25)22-16-10-20(23,2)27-17-7-5-12(8-14(16)17)18(24)26-3/h4-9,16H,10H2,1-3H3,(H,22,25)/t16-,20-/m0/s1. The predicted octanol–water partition coefficient (Wildman–Crippen LogP) is 3.69. The van der Waals surface area contributed by atoms with Crippen molar-refractivity contribution in [2.75, 3.05) is 12.0 Å². The molecule has 2 aliphatic heterocycles. The van der Waals surface area contributed by atoms with Crippen LogP contribution in [0.3, 0.4) is 0 Å². The van der Waals surface area contributed by atoms with Crippen LogP contribution in [0.2, 0.25) is 0 Å². The van der Waals surface area contributed by atoms with Gasteiger partial charge in [-0.3, -0.25) is 4.90 Å². The van der Waals surface area contributed by atoms with Gasteiger partial charge >= 0.3 is 12.0 Å². The van der Waals surface area contributed by atoms with E-state index in [0.29, 0.717) is 29.0 Å². The molecule has 1 saturated heterocycles. The van der Waals surface area contributed by atoms with Crippen molar-refractivity contribution in [2.24, 2.45) is 0 Å². The molecule has 27 heavy (non-hydrogen) atoms. The summed E-state index contributed by atoms with van der Waals surface area (Å²) in [5.41, 5.74) is 1.06. The number of methoxy groups -OCH3 is 1. The molecule has 140 valence electrons. The summed E-state index contributed by atoms with van der Waals surface area (Å²) in [6.45, 7) is 3.47. The molecule has 1 fully saturated rings. The van der Waals surface area contributed by atoms with Gasteiger partial charge in [0, 0.05) is 12.0 Å². The van der Waals surface area contributed by atoms with Crippen molar-refractivity contribution < 1.29 is 23.5 Å². The number of fused-ring (bicyclic) bond motifs is 4. The van der Waals surface area contributed by atoms with Gasteiger partial charge in [-0.25, -0.2) is 14.0 Å². The first-order valence-corrected chi connectivity index (χ1v) is 8.60. The highest BCUT2D eigenvalue weighted by atomic mass is 19.1. The van der Waals surface area contributed by atoms with Crippen LogP contribution in [0.15, 0.2) is 36.4 Å². The monoisotopic (exact) mass is 370 g/mol. The minimum atomic E-state index is -0.978. The molecule has 4 rings (SSSR count). The lowest BCUT2D eigenvalue weighted by Gasteiger charge is -2.50. The molecule has 2 aliphatic rings. The van der Waals surface area contributed by atoms with Crippen LogP contribution in [0.4, 0.5) is 14.9 Å². The average molecular weight is 370 g/mol. The molecule has 0 aromatic heterocycles. The molecule has 7 heteroatoms. The average Bonchev–Trinajstić information content (AvgIpc) is 2.63. The van der Waals surface area contributed by atoms with E-state index in [2.05, 4.69) is 5.32 Å². The molecular weight excluding hydrogens is 351 g/mol. The first-order chi connectivity index (χ1) is 12.8. The van der Waals surface area contributed by atoms with Gasteiger partial charge < -0.3 is 14.8 Å². The van der Waals surface area contributed by atoms with E-state index in [9.17, 15) is 14.0 Å². The fraction of sp³-hybridized carbons (Fsp3) is 0.300. The van der Waals surface area contributed by atoms with E-state index in [1.807, 2.05) is 0 Å². The molecule has 2 aromatic carbocycles. The molecule has 2 bridgehead atoms. The number of esters is 1. The first kappa shape index (κ1) is 17.3. The van der Waals surface area contributed by atoms with Gasteiger partial charge in [-0.15, -0.1) is 0 Å². The maximum atomic E-state index is 14.1. The number of nitrogens with zero attached hydrogens (tertiary/aromatic N) is 1. The lowest BCUT2D eigenvalue weighted by Crippen LogP contribution is -2.65. The number of carbonyl (C=O) groups is 2. The minimum Gasteiger partial charge on any atom is -0.467 e. The first-order valence-electron chi connectivity index (χ1n) is 8.60. The van der Waals surface area contributed by atoms with Crippen LogP contribution in [-0.2, 0) is 4.74 Å². The Labute approximate surface area is 155 Å². The molecule has 6 nitrogen and oxygen atoms in total. The molecular formula is C20H19FN2O4. The van der Waals surface area contributed by atoms with Gasteiger partial charge in [0.25, 0.3) is 0 Å². The van der Waals surface area contributed by atoms with Crippen LogP contribution in [0.1, 0.15) is 40.9 Å². The Morgan fingerprint density at radius 1 is 1.33 bits per heavy atom. The second kappa shape index (κ2) is 5.97. The van der Waals surface area contributed by atoms with E-state index in [1.165, 1.54) is 18.1 Å². The van der Waals surface area contributed by atoms with Gasteiger partial charge in [-0.05, 0) is 49.7 Å². The largest absolute Gasteiger partial charge is 0.467 e. The highest BCUT2D eigenvalue weighted by Gasteiger charge is 2.50. The maximum Gasteiger partial charge on any atom is 0.337 e. The number of benzene rings is 2. The fourth-order valence-corrected chi connectivity index (χ4v) is 3.73. The summed E-state index contributed by atoms with van der Waals surface area (Å²) in [5.74, 6) is -0.269. The number of nitrogens with one attached hydrogen (secondary N) is 1. The molecule has 0 spiro atoms. The normalized spacial score (nSPS) is 23.2. The molecule has 0 saturated carbocycles. The molecule has 2 atom stereocenters. The molecule has 2 heterocycles. The summed E-state index contributed by atoms with van der Waals surface area (Å²) in [6.07, 6.45) is 0.450. The van der Waals surface area contributed by atoms with Crippen molar-refractivity contribution in [1.82, 2.24) is 5.32 Å². The number of anilines is 1. The Morgan fingerprint density at radius 2 is 2.11 bits per heavy atom. The second-order valence-corrected chi connectivity index (χ2v) is 7.00. The topological polar surface area (TPSA) is 67.9 Å². The number of urea groups is 1. The summed E-state index contributed by atoms with van der Waals surface area (Å²) >= 11 is 0. The van der Waals surface area contributed by atoms with Gasteiger partial charge in [-0.2, -0.15) is 0 Å². The Hall–Kier alpha value is -3.09. The third-order valence-corrected chi connectivity index (χ3v) is 5.11. The molecule has 2 aromatic rings. The van der Waals surface area contributed by atoms with Crippen molar-refractivity contribution in [1.29, 1.82) is 0 Å². The minimum absolute atomic E-state index is 0.317.